The van der Waals surface area contributed by atoms with Crippen molar-refractivity contribution in [2.75, 3.05) is 6.54 Å². The van der Waals surface area contributed by atoms with Crippen LogP contribution in [0.1, 0.15) is 32.9 Å². The molecule has 0 bridgehead atoms. The first-order valence-electron chi connectivity index (χ1n) is 5.74. The summed E-state index contributed by atoms with van der Waals surface area (Å²) in [5.74, 6) is 0. The zero-order valence-corrected chi connectivity index (χ0v) is 10.6. The zero-order chi connectivity index (χ0) is 12.2. The third-order valence-electron chi connectivity index (χ3n) is 2.49. The molecule has 0 saturated carbocycles. The molecule has 1 N–H and O–H groups in total. The first-order chi connectivity index (χ1) is 7.38. The van der Waals surface area contributed by atoms with Crippen molar-refractivity contribution in [3.05, 3.63) is 18.0 Å². The molecule has 1 aromatic heterocycles. The topological polar surface area (TPSA) is 29.9 Å². The molecule has 4 heteroatoms. The van der Waals surface area contributed by atoms with E-state index < -0.39 is 6.17 Å². The molecular formula is C12H22FN3. The minimum Gasteiger partial charge on any atom is -0.309 e. The number of hydrogen-bond donors (Lipinski definition) is 1. The van der Waals surface area contributed by atoms with Gasteiger partial charge in [-0.25, -0.2) is 4.39 Å². The summed E-state index contributed by atoms with van der Waals surface area (Å²) in [5.41, 5.74) is 1.06. The molecule has 16 heavy (non-hydrogen) atoms. The first-order valence-corrected chi connectivity index (χ1v) is 5.74. The van der Waals surface area contributed by atoms with E-state index in [4.69, 9.17) is 0 Å². The molecule has 1 aromatic rings. The van der Waals surface area contributed by atoms with Crippen LogP contribution in [0.2, 0.25) is 0 Å². The molecule has 1 heterocycles. The van der Waals surface area contributed by atoms with Crippen LogP contribution < -0.4 is 5.32 Å². The van der Waals surface area contributed by atoms with E-state index in [1.807, 2.05) is 33.9 Å². The average molecular weight is 227 g/mol. The number of alkyl halides is 1. The highest BCUT2D eigenvalue weighted by atomic mass is 19.1. The maximum absolute atomic E-state index is 13.6. The van der Waals surface area contributed by atoms with E-state index in [2.05, 4.69) is 10.4 Å². The van der Waals surface area contributed by atoms with Gasteiger partial charge in [-0.05, 0) is 39.7 Å². The van der Waals surface area contributed by atoms with Crippen LogP contribution >= 0.6 is 0 Å². The predicted octanol–water partition coefficient (Wildman–Crippen LogP) is 2.08. The largest absolute Gasteiger partial charge is 0.309 e. The van der Waals surface area contributed by atoms with Crippen molar-refractivity contribution in [1.29, 1.82) is 0 Å². The minimum absolute atomic E-state index is 0.0170. The maximum atomic E-state index is 13.6. The van der Waals surface area contributed by atoms with E-state index in [9.17, 15) is 4.39 Å². The van der Waals surface area contributed by atoms with Gasteiger partial charge in [0.25, 0.3) is 0 Å². The second-order valence-corrected chi connectivity index (χ2v) is 5.21. The molecule has 0 aliphatic heterocycles. The average Bonchev–Trinajstić information content (AvgIpc) is 2.57. The molecule has 1 unspecified atom stereocenters. The monoisotopic (exact) mass is 227 g/mol. The van der Waals surface area contributed by atoms with Gasteiger partial charge in [0.15, 0.2) is 0 Å². The van der Waals surface area contributed by atoms with E-state index >= 15 is 0 Å². The molecule has 0 spiro atoms. The lowest BCUT2D eigenvalue weighted by molar-refractivity contribution is 0.271. The van der Waals surface area contributed by atoms with Crippen molar-refractivity contribution in [2.45, 2.75) is 45.3 Å². The van der Waals surface area contributed by atoms with Crippen LogP contribution in [-0.2, 0) is 13.5 Å². The molecular weight excluding hydrogens is 205 g/mol. The zero-order valence-electron chi connectivity index (χ0n) is 10.6. The van der Waals surface area contributed by atoms with Crippen molar-refractivity contribution in [3.8, 4) is 0 Å². The summed E-state index contributed by atoms with van der Waals surface area (Å²) in [6.45, 7) is 6.55. The van der Waals surface area contributed by atoms with Gasteiger partial charge in [0.1, 0.15) is 6.17 Å². The molecule has 92 valence electrons. The quantitative estimate of drug-likeness (QED) is 0.834. The number of halogens is 1. The van der Waals surface area contributed by atoms with Gasteiger partial charge < -0.3 is 5.32 Å². The van der Waals surface area contributed by atoms with Crippen molar-refractivity contribution < 1.29 is 4.39 Å². The van der Waals surface area contributed by atoms with Gasteiger partial charge in [0.05, 0.1) is 0 Å². The van der Waals surface area contributed by atoms with Crippen LogP contribution in [-0.4, -0.2) is 28.0 Å². The Bertz CT molecular complexity index is 314. The Hall–Kier alpha value is -0.900. The SMILES string of the molecule is Cn1nccc1CCC(F)CNC(C)(C)C. The lowest BCUT2D eigenvalue weighted by Crippen LogP contribution is -2.39. The Morgan fingerprint density at radius 1 is 1.50 bits per heavy atom. The van der Waals surface area contributed by atoms with Crippen LogP contribution in [0.3, 0.4) is 0 Å². The minimum atomic E-state index is -0.797. The smallest absolute Gasteiger partial charge is 0.113 e. The molecule has 0 fully saturated rings. The highest BCUT2D eigenvalue weighted by Crippen LogP contribution is 2.07. The standard InChI is InChI=1S/C12H22FN3/c1-12(2,3)14-9-10(13)5-6-11-7-8-15-16(11)4/h7-8,10,14H,5-6,9H2,1-4H3. The molecule has 0 saturated heterocycles. The van der Waals surface area contributed by atoms with Crippen LogP contribution in [0, 0.1) is 0 Å². The predicted molar refractivity (Wildman–Crippen MR) is 64.2 cm³/mol. The number of nitrogens with one attached hydrogen (secondary N) is 1. The Morgan fingerprint density at radius 2 is 2.19 bits per heavy atom. The van der Waals surface area contributed by atoms with Gasteiger partial charge in [-0.15, -0.1) is 0 Å². The Kier molecular flexibility index (Phi) is 4.47. The maximum Gasteiger partial charge on any atom is 0.113 e. The number of nitrogens with zero attached hydrogens (tertiary/aromatic N) is 2. The molecule has 1 atom stereocenters. The van der Waals surface area contributed by atoms with Gasteiger partial charge in [-0.2, -0.15) is 5.10 Å². The Labute approximate surface area is 97.0 Å². The molecule has 3 nitrogen and oxygen atoms in total. The molecule has 0 aliphatic rings. The first kappa shape index (κ1) is 13.2. The number of rotatable bonds is 5. The van der Waals surface area contributed by atoms with Gasteiger partial charge in [-0.3, -0.25) is 4.68 Å². The fraction of sp³-hybridized carbons (Fsp3) is 0.750. The van der Waals surface area contributed by atoms with Gasteiger partial charge in [-0.1, -0.05) is 0 Å². The van der Waals surface area contributed by atoms with Crippen LogP contribution in [0.15, 0.2) is 12.3 Å². The highest BCUT2D eigenvalue weighted by Gasteiger charge is 2.13. The van der Waals surface area contributed by atoms with Crippen LogP contribution in [0.5, 0.6) is 0 Å². The third-order valence-corrected chi connectivity index (χ3v) is 2.49. The number of aryl methyl sites for hydroxylation is 2. The van der Waals surface area contributed by atoms with Crippen LogP contribution in [0.4, 0.5) is 4.39 Å². The Balaban J connectivity index is 2.25. The number of aromatic nitrogens is 2. The summed E-state index contributed by atoms with van der Waals surface area (Å²) < 4.78 is 15.4. The molecule has 0 aliphatic carbocycles. The molecule has 0 aromatic carbocycles. The highest BCUT2D eigenvalue weighted by molar-refractivity contribution is 5.00. The lowest BCUT2D eigenvalue weighted by Gasteiger charge is -2.22. The summed E-state index contributed by atoms with van der Waals surface area (Å²) in [4.78, 5) is 0. The lowest BCUT2D eigenvalue weighted by atomic mass is 10.1. The summed E-state index contributed by atoms with van der Waals surface area (Å²) in [5, 5.41) is 7.23. The number of hydrogen-bond acceptors (Lipinski definition) is 2. The van der Waals surface area contributed by atoms with E-state index in [0.29, 0.717) is 13.0 Å². The summed E-state index contributed by atoms with van der Waals surface area (Å²) in [6.07, 6.45) is 2.23. The second kappa shape index (κ2) is 5.43. The normalized spacial score (nSPS) is 14.1. The van der Waals surface area contributed by atoms with E-state index in [1.54, 1.807) is 10.9 Å². The van der Waals surface area contributed by atoms with Crippen molar-refractivity contribution >= 4 is 0 Å². The van der Waals surface area contributed by atoms with Gasteiger partial charge in [0, 0.05) is 31.0 Å². The van der Waals surface area contributed by atoms with E-state index in [0.717, 1.165) is 12.1 Å². The van der Waals surface area contributed by atoms with Gasteiger partial charge >= 0.3 is 0 Å². The molecule has 1 rings (SSSR count). The van der Waals surface area contributed by atoms with E-state index in [1.165, 1.54) is 0 Å². The molecule has 0 radical (unpaired) electrons. The summed E-state index contributed by atoms with van der Waals surface area (Å²) in [6, 6.07) is 1.93. The van der Waals surface area contributed by atoms with Crippen molar-refractivity contribution in [3.63, 3.8) is 0 Å². The third kappa shape index (κ3) is 4.75. The van der Waals surface area contributed by atoms with Gasteiger partial charge in [0.2, 0.25) is 0 Å². The molecule has 0 amide bonds. The fourth-order valence-corrected chi connectivity index (χ4v) is 1.47. The van der Waals surface area contributed by atoms with Crippen molar-refractivity contribution in [1.82, 2.24) is 15.1 Å². The summed E-state index contributed by atoms with van der Waals surface area (Å²) >= 11 is 0. The second-order valence-electron chi connectivity index (χ2n) is 5.21. The fourth-order valence-electron chi connectivity index (χ4n) is 1.47. The Morgan fingerprint density at radius 3 is 2.69 bits per heavy atom. The van der Waals surface area contributed by atoms with Crippen molar-refractivity contribution in [2.24, 2.45) is 7.05 Å². The summed E-state index contributed by atoms with van der Waals surface area (Å²) in [7, 11) is 1.88. The van der Waals surface area contributed by atoms with Crippen LogP contribution in [0.25, 0.3) is 0 Å². The van der Waals surface area contributed by atoms with E-state index in [-0.39, 0.29) is 5.54 Å².